The number of hydrogen-bond donors (Lipinski definition) is 0. The van der Waals surface area contributed by atoms with Crippen LogP contribution in [0.5, 0.6) is 0 Å². The summed E-state index contributed by atoms with van der Waals surface area (Å²) in [5.74, 6) is 1.28. The van der Waals surface area contributed by atoms with Gasteiger partial charge in [0.05, 0.1) is 27.8 Å². The Morgan fingerprint density at radius 3 is 1.98 bits per heavy atom. The molecule has 0 N–H and O–H groups in total. The quantitative estimate of drug-likeness (QED) is 0.209. The molecule has 42 heavy (non-hydrogen) atoms. The van der Waals surface area contributed by atoms with E-state index in [4.69, 9.17) is 4.98 Å². The molecule has 0 saturated carbocycles. The maximum Gasteiger partial charge on any atom is 0.220 e. The fourth-order valence-corrected chi connectivity index (χ4v) is 6.43. The highest BCUT2D eigenvalue weighted by molar-refractivity contribution is 6.10. The molecule has 0 unspecified atom stereocenters. The molecule has 5 aromatic carbocycles. The Labute approximate surface area is 245 Å². The topological polar surface area (TPSA) is 22.8 Å². The zero-order valence-corrected chi connectivity index (χ0v) is 24.7. The third kappa shape index (κ3) is 4.05. The first-order valence-electron chi connectivity index (χ1n) is 14.7. The van der Waals surface area contributed by atoms with Crippen LogP contribution in [0.25, 0.3) is 55.6 Å². The summed E-state index contributed by atoms with van der Waals surface area (Å²) in [5, 5.41) is 2.43. The van der Waals surface area contributed by atoms with E-state index in [0.29, 0.717) is 11.8 Å². The van der Waals surface area contributed by atoms with Crippen molar-refractivity contribution >= 4 is 32.8 Å². The van der Waals surface area contributed by atoms with Gasteiger partial charge in [0, 0.05) is 10.8 Å². The zero-order valence-electron chi connectivity index (χ0n) is 24.7. The predicted octanol–water partition coefficient (Wildman–Crippen LogP) is 10.5. The van der Waals surface area contributed by atoms with E-state index in [1.54, 1.807) is 0 Å². The summed E-state index contributed by atoms with van der Waals surface area (Å²) in [6.07, 6.45) is 0. The van der Waals surface area contributed by atoms with Crippen molar-refractivity contribution in [2.24, 2.45) is 0 Å². The van der Waals surface area contributed by atoms with E-state index >= 15 is 0 Å². The highest BCUT2D eigenvalue weighted by Gasteiger charge is 2.25. The fourth-order valence-electron chi connectivity index (χ4n) is 6.43. The van der Waals surface area contributed by atoms with Crippen LogP contribution in [0.3, 0.4) is 0 Å². The molecular formula is C38H34FN3. The van der Waals surface area contributed by atoms with Crippen LogP contribution in [0.1, 0.15) is 56.2 Å². The summed E-state index contributed by atoms with van der Waals surface area (Å²) in [6, 6.07) is 35.0. The Balaban J connectivity index is 1.65. The van der Waals surface area contributed by atoms with E-state index in [-0.39, 0.29) is 5.82 Å². The van der Waals surface area contributed by atoms with Crippen LogP contribution in [-0.4, -0.2) is 14.1 Å². The van der Waals surface area contributed by atoms with Crippen LogP contribution in [0.2, 0.25) is 0 Å². The van der Waals surface area contributed by atoms with Crippen molar-refractivity contribution in [2.75, 3.05) is 0 Å². The standard InChI is InChI=1S/C38H34FN3/c1-23(2)29-12-9-13-30(24(3)4)37(29)42-35-21-18-27(26-16-19-28(39)20-17-26)22-33(35)40-38(42)41-34-15-7-6-11-31(34)32-14-8-10-25(5)36(32)41/h6-24H,1-5H3. The monoisotopic (exact) mass is 551 g/mol. The Morgan fingerprint density at radius 2 is 1.26 bits per heavy atom. The summed E-state index contributed by atoms with van der Waals surface area (Å²) in [4.78, 5) is 5.43. The minimum Gasteiger partial charge on any atom is -0.279 e. The maximum absolute atomic E-state index is 13.7. The molecule has 0 atom stereocenters. The number of aryl methyl sites for hydroxylation is 1. The first-order valence-corrected chi connectivity index (χ1v) is 14.7. The number of rotatable bonds is 5. The molecule has 0 radical (unpaired) electrons. The lowest BCUT2D eigenvalue weighted by Gasteiger charge is -2.23. The van der Waals surface area contributed by atoms with Crippen molar-refractivity contribution in [1.29, 1.82) is 0 Å². The molecule has 0 bridgehead atoms. The molecule has 0 aliphatic carbocycles. The first kappa shape index (κ1) is 26.2. The molecule has 208 valence electrons. The van der Waals surface area contributed by atoms with Gasteiger partial charge >= 0.3 is 0 Å². The number of fused-ring (bicyclic) bond motifs is 4. The van der Waals surface area contributed by atoms with Gasteiger partial charge in [-0.1, -0.05) is 100 Å². The van der Waals surface area contributed by atoms with E-state index in [2.05, 4.69) is 123 Å². The second-order valence-corrected chi connectivity index (χ2v) is 11.9. The van der Waals surface area contributed by atoms with Gasteiger partial charge in [-0.2, -0.15) is 0 Å². The summed E-state index contributed by atoms with van der Waals surface area (Å²) < 4.78 is 18.5. The average Bonchev–Trinajstić information content (AvgIpc) is 3.53. The van der Waals surface area contributed by atoms with E-state index < -0.39 is 0 Å². The summed E-state index contributed by atoms with van der Waals surface area (Å²) in [7, 11) is 0. The van der Waals surface area contributed by atoms with Gasteiger partial charge in [-0.25, -0.2) is 9.37 Å². The molecule has 2 heterocycles. The van der Waals surface area contributed by atoms with Crippen LogP contribution in [0.15, 0.2) is 103 Å². The Kier molecular flexibility index (Phi) is 6.23. The number of nitrogens with zero attached hydrogens (tertiary/aromatic N) is 3. The number of aromatic nitrogens is 3. The third-order valence-corrected chi connectivity index (χ3v) is 8.48. The smallest absolute Gasteiger partial charge is 0.220 e. The number of halogens is 1. The molecule has 0 spiro atoms. The lowest BCUT2D eigenvalue weighted by molar-refractivity contribution is 0.628. The number of hydrogen-bond acceptors (Lipinski definition) is 1. The SMILES string of the molecule is Cc1cccc2c3ccccc3n(-c3nc4cc(-c5ccc(F)cc5)ccc4n3-c3c(C(C)C)cccc3C(C)C)c12. The molecule has 0 fully saturated rings. The Bertz CT molecular complexity index is 2080. The lowest BCUT2D eigenvalue weighted by atomic mass is 9.92. The van der Waals surface area contributed by atoms with Crippen LogP contribution >= 0.6 is 0 Å². The van der Waals surface area contributed by atoms with Gasteiger partial charge in [0.25, 0.3) is 0 Å². The van der Waals surface area contributed by atoms with Crippen molar-refractivity contribution in [3.05, 3.63) is 126 Å². The fraction of sp³-hybridized carbons (Fsp3) is 0.184. The lowest BCUT2D eigenvalue weighted by Crippen LogP contribution is -2.12. The number of para-hydroxylation sites is 3. The highest BCUT2D eigenvalue weighted by Crippen LogP contribution is 2.40. The number of imidazole rings is 1. The van der Waals surface area contributed by atoms with Gasteiger partial charge in [0.1, 0.15) is 5.82 Å². The van der Waals surface area contributed by atoms with Crippen molar-refractivity contribution in [2.45, 2.75) is 46.5 Å². The molecule has 0 amide bonds. The molecule has 0 aliphatic rings. The third-order valence-electron chi connectivity index (χ3n) is 8.48. The van der Waals surface area contributed by atoms with E-state index in [9.17, 15) is 4.39 Å². The largest absolute Gasteiger partial charge is 0.279 e. The van der Waals surface area contributed by atoms with Crippen LogP contribution < -0.4 is 0 Å². The van der Waals surface area contributed by atoms with E-state index in [1.807, 2.05) is 12.1 Å². The van der Waals surface area contributed by atoms with Crippen molar-refractivity contribution in [3.63, 3.8) is 0 Å². The summed E-state index contributed by atoms with van der Waals surface area (Å²) >= 11 is 0. The van der Waals surface area contributed by atoms with Crippen LogP contribution in [-0.2, 0) is 0 Å². The zero-order chi connectivity index (χ0) is 29.1. The van der Waals surface area contributed by atoms with Crippen LogP contribution in [0, 0.1) is 12.7 Å². The molecule has 7 aromatic rings. The minimum absolute atomic E-state index is 0.236. The van der Waals surface area contributed by atoms with Gasteiger partial charge < -0.3 is 0 Å². The second kappa shape index (κ2) is 9.99. The summed E-state index contributed by atoms with van der Waals surface area (Å²) in [6.45, 7) is 11.2. The van der Waals surface area contributed by atoms with Crippen molar-refractivity contribution < 1.29 is 4.39 Å². The second-order valence-electron chi connectivity index (χ2n) is 11.9. The average molecular weight is 552 g/mol. The van der Waals surface area contributed by atoms with Gasteiger partial charge in [0.15, 0.2) is 0 Å². The van der Waals surface area contributed by atoms with E-state index in [0.717, 1.165) is 33.6 Å². The van der Waals surface area contributed by atoms with E-state index in [1.165, 1.54) is 50.8 Å². The van der Waals surface area contributed by atoms with Gasteiger partial charge in [0.2, 0.25) is 5.95 Å². The van der Waals surface area contributed by atoms with Crippen molar-refractivity contribution in [3.8, 4) is 22.8 Å². The van der Waals surface area contributed by atoms with Crippen molar-refractivity contribution in [1.82, 2.24) is 14.1 Å². The Hall–Kier alpha value is -4.70. The molecule has 4 heteroatoms. The minimum atomic E-state index is -0.236. The molecule has 2 aromatic heterocycles. The van der Waals surface area contributed by atoms with Gasteiger partial charge in [-0.05, 0) is 76.9 Å². The maximum atomic E-state index is 13.7. The highest BCUT2D eigenvalue weighted by atomic mass is 19.1. The normalized spacial score (nSPS) is 12.0. The molecule has 3 nitrogen and oxygen atoms in total. The first-order chi connectivity index (χ1) is 20.3. The van der Waals surface area contributed by atoms with Gasteiger partial charge in [-0.3, -0.25) is 9.13 Å². The molecular weight excluding hydrogens is 517 g/mol. The predicted molar refractivity (Wildman–Crippen MR) is 174 cm³/mol. The number of benzene rings is 5. The molecule has 7 rings (SSSR count). The van der Waals surface area contributed by atoms with Gasteiger partial charge in [-0.15, -0.1) is 0 Å². The van der Waals surface area contributed by atoms with Crippen LogP contribution in [0.4, 0.5) is 4.39 Å². The summed E-state index contributed by atoms with van der Waals surface area (Å²) in [5.41, 5.74) is 11.2. The molecule has 0 saturated heterocycles. The Morgan fingerprint density at radius 1 is 0.619 bits per heavy atom. The molecule has 0 aliphatic heterocycles.